The summed E-state index contributed by atoms with van der Waals surface area (Å²) >= 11 is 0. The molecule has 188 valence electrons. The predicted octanol–water partition coefficient (Wildman–Crippen LogP) is 10.6. The molecule has 0 atom stereocenters. The average molecular weight is 469 g/mol. The van der Waals surface area contributed by atoms with Crippen LogP contribution in [-0.2, 0) is 17.3 Å². The Morgan fingerprint density at radius 3 is 1.77 bits per heavy atom. The fourth-order valence-electron chi connectivity index (χ4n) is 6.52. The van der Waals surface area contributed by atoms with E-state index in [9.17, 15) is 0 Å². The summed E-state index contributed by atoms with van der Waals surface area (Å²) in [6.45, 7) is 28.8. The lowest BCUT2D eigenvalue weighted by atomic mass is 9.69. The molecule has 0 nitrogen and oxygen atoms in total. The van der Waals surface area contributed by atoms with Crippen molar-refractivity contribution in [2.45, 2.75) is 125 Å². The molecule has 0 bridgehead atoms. The topological polar surface area (TPSA) is 0 Å². The van der Waals surface area contributed by atoms with E-state index in [1.165, 1.54) is 16.7 Å². The van der Waals surface area contributed by atoms with Crippen LogP contribution in [0.2, 0.25) is 0 Å². The van der Waals surface area contributed by atoms with E-state index in [1.54, 1.807) is 44.5 Å². The fraction of sp³-hybridized carbons (Fsp3) is 0.543. The molecule has 0 radical (unpaired) electrons. The van der Waals surface area contributed by atoms with Crippen LogP contribution in [-0.4, -0.2) is 0 Å². The smallest absolute Gasteiger partial charge is 0.000697 e. The molecule has 2 aliphatic rings. The van der Waals surface area contributed by atoms with Crippen molar-refractivity contribution in [2.24, 2.45) is 0 Å². The fourth-order valence-corrected chi connectivity index (χ4v) is 6.52. The first-order valence-electron chi connectivity index (χ1n) is 13.9. The van der Waals surface area contributed by atoms with Gasteiger partial charge in [-0.1, -0.05) is 113 Å². The minimum absolute atomic E-state index is 0.0866. The summed E-state index contributed by atoms with van der Waals surface area (Å²) in [7, 11) is 0. The summed E-state index contributed by atoms with van der Waals surface area (Å²) in [6, 6.07) is 5.08. The minimum Gasteiger partial charge on any atom is -0.0801 e. The second-order valence-corrected chi connectivity index (χ2v) is 14.0. The summed E-state index contributed by atoms with van der Waals surface area (Å²) in [6.07, 6.45) is 9.09. The molecule has 0 aromatic heterocycles. The summed E-state index contributed by atoms with van der Waals surface area (Å²) in [5, 5.41) is 0. The second-order valence-electron chi connectivity index (χ2n) is 14.0. The van der Waals surface area contributed by atoms with Crippen molar-refractivity contribution >= 4 is 5.57 Å². The quantitative estimate of drug-likeness (QED) is 0.357. The van der Waals surface area contributed by atoms with E-state index < -0.39 is 0 Å². The van der Waals surface area contributed by atoms with Crippen molar-refractivity contribution < 1.29 is 0 Å². The van der Waals surface area contributed by atoms with E-state index >= 15 is 0 Å². The molecule has 0 spiro atoms. The number of hydrogen-bond donors (Lipinski definition) is 0. The zero-order valence-electron chi connectivity index (χ0n) is 24.5. The van der Waals surface area contributed by atoms with E-state index in [4.69, 9.17) is 0 Å². The van der Waals surface area contributed by atoms with E-state index in [-0.39, 0.29) is 10.8 Å². The average Bonchev–Trinajstić information content (AvgIpc) is 3.37. The first-order chi connectivity index (χ1) is 16.1. The lowest BCUT2D eigenvalue weighted by Crippen LogP contribution is -2.22. The third-order valence-corrected chi connectivity index (χ3v) is 8.04. The molecule has 35 heavy (non-hydrogen) atoms. The molecule has 4 rings (SSSR count). The van der Waals surface area contributed by atoms with Crippen molar-refractivity contribution in [3.8, 4) is 11.1 Å². The van der Waals surface area contributed by atoms with E-state index in [0.29, 0.717) is 17.8 Å². The first kappa shape index (κ1) is 26.0. The van der Waals surface area contributed by atoms with Crippen LogP contribution in [0.1, 0.15) is 152 Å². The Morgan fingerprint density at radius 2 is 1.31 bits per heavy atom. The standard InChI is InChI=1S/C35H48/c1-20(2)26-19-25(34(7,8)9)17-24-18-27-31(23-15-13-14-16-23)33(35(10,11)12)29(22(5)6)28(21(3)4)32(27)30(24)26/h13-15,17,19-22H,16,18H2,1-12H3. The molecule has 0 fully saturated rings. The molecule has 0 aliphatic heterocycles. The van der Waals surface area contributed by atoms with E-state index in [0.717, 1.165) is 12.8 Å². The molecule has 0 saturated heterocycles. The Balaban J connectivity index is 2.23. The van der Waals surface area contributed by atoms with Crippen molar-refractivity contribution in [1.82, 2.24) is 0 Å². The zero-order valence-corrected chi connectivity index (χ0v) is 24.5. The van der Waals surface area contributed by atoms with Gasteiger partial charge in [0.15, 0.2) is 0 Å². The lowest BCUT2D eigenvalue weighted by Gasteiger charge is -2.35. The summed E-state index contributed by atoms with van der Waals surface area (Å²) in [5.74, 6) is 1.47. The maximum Gasteiger partial charge on any atom is -0.000697 e. The zero-order chi connectivity index (χ0) is 26.0. The van der Waals surface area contributed by atoms with Crippen LogP contribution in [0.15, 0.2) is 30.4 Å². The highest BCUT2D eigenvalue weighted by atomic mass is 14.4. The van der Waals surface area contributed by atoms with Gasteiger partial charge in [0, 0.05) is 0 Å². The number of rotatable bonds is 4. The van der Waals surface area contributed by atoms with Crippen LogP contribution >= 0.6 is 0 Å². The maximum absolute atomic E-state index is 2.54. The van der Waals surface area contributed by atoms with Gasteiger partial charge in [0.25, 0.3) is 0 Å². The van der Waals surface area contributed by atoms with Crippen LogP contribution in [0.5, 0.6) is 0 Å². The van der Waals surface area contributed by atoms with Gasteiger partial charge in [0.2, 0.25) is 0 Å². The molecule has 0 saturated carbocycles. The Hall–Kier alpha value is -2.08. The van der Waals surface area contributed by atoms with Gasteiger partial charge in [-0.3, -0.25) is 0 Å². The summed E-state index contributed by atoms with van der Waals surface area (Å²) in [4.78, 5) is 0. The molecule has 0 amide bonds. The Labute approximate surface area is 215 Å². The van der Waals surface area contributed by atoms with E-state index in [2.05, 4.69) is 113 Å². The Morgan fingerprint density at radius 1 is 0.686 bits per heavy atom. The molecule has 2 aromatic rings. The van der Waals surface area contributed by atoms with Gasteiger partial charge >= 0.3 is 0 Å². The normalized spacial score (nSPS) is 15.5. The number of fused-ring (bicyclic) bond motifs is 3. The van der Waals surface area contributed by atoms with Gasteiger partial charge in [0.1, 0.15) is 0 Å². The van der Waals surface area contributed by atoms with Crippen LogP contribution in [0, 0.1) is 0 Å². The Bertz CT molecular complexity index is 1210. The van der Waals surface area contributed by atoms with Gasteiger partial charge < -0.3 is 0 Å². The van der Waals surface area contributed by atoms with E-state index in [1.807, 2.05) is 0 Å². The lowest BCUT2D eigenvalue weighted by molar-refractivity contribution is 0.570. The third kappa shape index (κ3) is 4.36. The molecular weight excluding hydrogens is 420 g/mol. The highest BCUT2D eigenvalue weighted by Gasteiger charge is 2.37. The first-order valence-corrected chi connectivity index (χ1v) is 13.9. The second kappa shape index (κ2) is 8.79. The van der Waals surface area contributed by atoms with Crippen LogP contribution < -0.4 is 0 Å². The summed E-state index contributed by atoms with van der Waals surface area (Å²) in [5.41, 5.74) is 17.4. The largest absolute Gasteiger partial charge is 0.0801 e. The van der Waals surface area contributed by atoms with Crippen LogP contribution in [0.25, 0.3) is 16.7 Å². The molecule has 2 aromatic carbocycles. The SMILES string of the molecule is CC(C)c1cc(C(C)(C)C)cc2c1-c1c(c(C3=CC=CC3)c(C(C)(C)C)c(C(C)C)c1C(C)C)C2. The van der Waals surface area contributed by atoms with Gasteiger partial charge in [-0.25, -0.2) is 0 Å². The van der Waals surface area contributed by atoms with Crippen molar-refractivity contribution in [1.29, 1.82) is 0 Å². The summed E-state index contributed by atoms with van der Waals surface area (Å²) < 4.78 is 0. The molecule has 0 N–H and O–H groups in total. The van der Waals surface area contributed by atoms with Crippen molar-refractivity contribution in [3.63, 3.8) is 0 Å². The number of benzene rings is 2. The Kier molecular flexibility index (Phi) is 6.53. The molecular formula is C35H48. The highest BCUT2D eigenvalue weighted by molar-refractivity contribution is 5.92. The van der Waals surface area contributed by atoms with Gasteiger partial charge in [0.05, 0.1) is 0 Å². The van der Waals surface area contributed by atoms with Crippen molar-refractivity contribution in [2.75, 3.05) is 0 Å². The minimum atomic E-state index is 0.0866. The molecule has 0 heteroatoms. The molecule has 2 aliphatic carbocycles. The number of allylic oxidation sites excluding steroid dienone is 4. The molecule has 0 unspecified atom stereocenters. The van der Waals surface area contributed by atoms with Gasteiger partial charge in [-0.2, -0.15) is 0 Å². The predicted molar refractivity (Wildman–Crippen MR) is 156 cm³/mol. The maximum atomic E-state index is 2.54. The van der Waals surface area contributed by atoms with Crippen molar-refractivity contribution in [3.05, 3.63) is 74.9 Å². The van der Waals surface area contributed by atoms with Gasteiger partial charge in [-0.15, -0.1) is 0 Å². The van der Waals surface area contributed by atoms with Crippen LogP contribution in [0.4, 0.5) is 0 Å². The third-order valence-electron chi connectivity index (χ3n) is 8.04. The molecule has 0 heterocycles. The monoisotopic (exact) mass is 468 g/mol. The van der Waals surface area contributed by atoms with Gasteiger partial charge in [-0.05, 0) is 103 Å². The number of hydrogen-bond acceptors (Lipinski definition) is 0. The highest BCUT2D eigenvalue weighted by Crippen LogP contribution is 2.54. The van der Waals surface area contributed by atoms with Crippen LogP contribution in [0.3, 0.4) is 0 Å².